The van der Waals surface area contributed by atoms with Crippen molar-refractivity contribution in [3.8, 4) is 0 Å². The first-order chi connectivity index (χ1) is 6.83. The Kier molecular flexibility index (Phi) is 3.54. The third kappa shape index (κ3) is 3.34. The van der Waals surface area contributed by atoms with Crippen molar-refractivity contribution in [2.45, 2.75) is 32.5 Å². The Labute approximate surface area is 89.0 Å². The molecule has 0 bridgehead atoms. The summed E-state index contributed by atoms with van der Waals surface area (Å²) in [5.74, 6) is -0.475. The largest absolute Gasteiger partial charge is 0.444 e. The van der Waals surface area contributed by atoms with Crippen LogP contribution in [0.15, 0.2) is 0 Å². The van der Waals surface area contributed by atoms with Crippen LogP contribution < -0.4 is 0 Å². The van der Waals surface area contributed by atoms with E-state index >= 15 is 0 Å². The Morgan fingerprint density at radius 1 is 1.53 bits per heavy atom. The first-order valence-electron chi connectivity index (χ1n) is 5.05. The number of carbonyl (C=O) groups is 1. The molecule has 0 spiro atoms. The summed E-state index contributed by atoms with van der Waals surface area (Å²) in [4.78, 5) is 12.9. The van der Waals surface area contributed by atoms with E-state index in [-0.39, 0.29) is 13.1 Å². The quantitative estimate of drug-likeness (QED) is 0.720. The number of β-amino-alcohol motifs (C(OH)–C–C–N with tert-alkyl or cyclic N) is 1. The van der Waals surface area contributed by atoms with Gasteiger partial charge in [-0.1, -0.05) is 0 Å². The van der Waals surface area contributed by atoms with Crippen molar-refractivity contribution in [1.82, 2.24) is 4.90 Å². The summed E-state index contributed by atoms with van der Waals surface area (Å²) < 4.78 is 17.5. The van der Waals surface area contributed by atoms with Crippen molar-refractivity contribution in [2.24, 2.45) is 5.92 Å². The van der Waals surface area contributed by atoms with Crippen molar-refractivity contribution < 1.29 is 19.0 Å². The maximum absolute atomic E-state index is 12.4. The van der Waals surface area contributed by atoms with Crippen molar-refractivity contribution in [2.75, 3.05) is 19.8 Å². The first-order valence-corrected chi connectivity index (χ1v) is 5.05. The number of aliphatic hydroxyl groups excluding tert-OH is 1. The van der Waals surface area contributed by atoms with Crippen LogP contribution in [0.3, 0.4) is 0 Å². The highest BCUT2D eigenvalue weighted by molar-refractivity contribution is 5.68. The van der Waals surface area contributed by atoms with Gasteiger partial charge < -0.3 is 14.7 Å². The number of aliphatic hydroxyl groups is 1. The summed E-state index contributed by atoms with van der Waals surface area (Å²) in [5, 5.41) is 9.42. The number of hydrogen-bond acceptors (Lipinski definition) is 3. The predicted octanol–water partition coefficient (Wildman–Crippen LogP) is 1.18. The summed E-state index contributed by atoms with van der Waals surface area (Å²) in [6, 6.07) is 0. The van der Waals surface area contributed by atoms with Crippen molar-refractivity contribution in [1.29, 1.82) is 0 Å². The van der Waals surface area contributed by atoms with Crippen LogP contribution in [-0.2, 0) is 4.74 Å². The number of amides is 1. The van der Waals surface area contributed by atoms with Gasteiger partial charge in [-0.2, -0.15) is 0 Å². The summed E-state index contributed by atoms with van der Waals surface area (Å²) in [5.41, 5.74) is -0.560. The van der Waals surface area contributed by atoms with Crippen molar-refractivity contribution >= 4 is 6.09 Å². The van der Waals surface area contributed by atoms with Gasteiger partial charge in [0.05, 0.1) is 19.3 Å². The lowest BCUT2D eigenvalue weighted by atomic mass is 10.1. The highest BCUT2D eigenvalue weighted by atomic mass is 19.1. The Morgan fingerprint density at radius 3 is 2.53 bits per heavy atom. The minimum Gasteiger partial charge on any atom is -0.444 e. The summed E-state index contributed by atoms with van der Waals surface area (Å²) >= 11 is 0. The van der Waals surface area contributed by atoms with E-state index in [1.807, 2.05) is 0 Å². The number of ether oxygens (including phenoxy) is 1. The van der Waals surface area contributed by atoms with E-state index in [1.165, 1.54) is 4.90 Å². The smallest absolute Gasteiger partial charge is 0.410 e. The Hall–Kier alpha value is -0.840. The maximum Gasteiger partial charge on any atom is 0.410 e. The fraction of sp³-hybridized carbons (Fsp3) is 0.900. The average Bonchev–Trinajstić information content (AvgIpc) is 2.43. The van der Waals surface area contributed by atoms with Crippen LogP contribution in [0, 0.1) is 5.92 Å². The number of carbonyl (C=O) groups excluding carboxylic acids is 1. The number of likely N-dealkylation sites (tertiary alicyclic amines) is 1. The molecule has 0 radical (unpaired) electrons. The molecule has 1 amide bonds. The SMILES string of the molecule is CC(C)(C)OC(=O)N1C[C@@H](CF)[C@H](O)C1. The second-order valence-corrected chi connectivity index (χ2v) is 4.87. The minimum absolute atomic E-state index is 0.156. The molecule has 15 heavy (non-hydrogen) atoms. The van der Waals surface area contributed by atoms with Crippen LogP contribution in [0.2, 0.25) is 0 Å². The van der Waals surface area contributed by atoms with Crippen LogP contribution in [0.1, 0.15) is 20.8 Å². The standard InChI is InChI=1S/C10H18FNO3/c1-10(2,3)15-9(14)12-5-7(4-11)8(13)6-12/h7-8,13H,4-6H2,1-3H3/t7-,8-/m1/s1. The number of rotatable bonds is 1. The third-order valence-electron chi connectivity index (χ3n) is 2.26. The molecule has 0 aromatic carbocycles. The number of nitrogens with zero attached hydrogens (tertiary/aromatic N) is 1. The number of alkyl halides is 1. The molecular weight excluding hydrogens is 201 g/mol. The molecule has 2 atom stereocenters. The van der Waals surface area contributed by atoms with Gasteiger partial charge >= 0.3 is 6.09 Å². The van der Waals surface area contributed by atoms with E-state index in [1.54, 1.807) is 20.8 Å². The summed E-state index contributed by atoms with van der Waals surface area (Å²) in [6.07, 6.45) is -1.26. The highest BCUT2D eigenvalue weighted by Crippen LogP contribution is 2.20. The van der Waals surface area contributed by atoms with Crippen LogP contribution in [0.25, 0.3) is 0 Å². The van der Waals surface area contributed by atoms with E-state index in [4.69, 9.17) is 4.74 Å². The molecule has 0 unspecified atom stereocenters. The van der Waals surface area contributed by atoms with Gasteiger partial charge in [0.2, 0.25) is 0 Å². The average molecular weight is 219 g/mol. The Morgan fingerprint density at radius 2 is 2.13 bits per heavy atom. The van der Waals surface area contributed by atoms with Gasteiger partial charge in [0.25, 0.3) is 0 Å². The lowest BCUT2D eigenvalue weighted by Crippen LogP contribution is -2.35. The van der Waals surface area contributed by atoms with E-state index in [0.29, 0.717) is 0 Å². The van der Waals surface area contributed by atoms with Crippen LogP contribution in [-0.4, -0.2) is 47.6 Å². The lowest BCUT2D eigenvalue weighted by molar-refractivity contribution is 0.0269. The molecule has 0 saturated carbocycles. The van der Waals surface area contributed by atoms with Crippen LogP contribution in [0.5, 0.6) is 0 Å². The molecule has 1 aliphatic rings. The molecule has 1 N–H and O–H groups in total. The van der Waals surface area contributed by atoms with E-state index in [9.17, 15) is 14.3 Å². The molecule has 0 aliphatic carbocycles. The fourth-order valence-electron chi connectivity index (χ4n) is 1.48. The second kappa shape index (κ2) is 4.35. The predicted molar refractivity (Wildman–Crippen MR) is 53.3 cm³/mol. The number of halogens is 1. The monoisotopic (exact) mass is 219 g/mol. The van der Waals surface area contributed by atoms with E-state index in [2.05, 4.69) is 0 Å². The van der Waals surface area contributed by atoms with Gasteiger partial charge in [0.1, 0.15) is 5.60 Å². The van der Waals surface area contributed by atoms with Gasteiger partial charge in [0, 0.05) is 12.5 Å². The molecule has 0 aromatic heterocycles. The topological polar surface area (TPSA) is 49.8 Å². The molecule has 1 saturated heterocycles. The Bertz CT molecular complexity index is 239. The van der Waals surface area contributed by atoms with Gasteiger partial charge in [-0.05, 0) is 20.8 Å². The summed E-state index contributed by atoms with van der Waals surface area (Å²) in [6.45, 7) is 5.08. The molecule has 1 heterocycles. The molecule has 0 aromatic rings. The number of hydrogen-bond donors (Lipinski definition) is 1. The van der Waals surface area contributed by atoms with Gasteiger partial charge in [-0.15, -0.1) is 0 Å². The molecule has 1 aliphatic heterocycles. The minimum atomic E-state index is -0.775. The van der Waals surface area contributed by atoms with E-state index in [0.717, 1.165) is 0 Å². The van der Waals surface area contributed by atoms with Gasteiger partial charge in [-0.25, -0.2) is 4.79 Å². The molecule has 1 fully saturated rings. The van der Waals surface area contributed by atoms with Crippen molar-refractivity contribution in [3.05, 3.63) is 0 Å². The van der Waals surface area contributed by atoms with Crippen LogP contribution >= 0.6 is 0 Å². The molecule has 5 heteroatoms. The van der Waals surface area contributed by atoms with E-state index < -0.39 is 30.4 Å². The molecule has 1 rings (SSSR count). The van der Waals surface area contributed by atoms with Gasteiger partial charge in [-0.3, -0.25) is 4.39 Å². The lowest BCUT2D eigenvalue weighted by Gasteiger charge is -2.24. The van der Waals surface area contributed by atoms with Gasteiger partial charge in [0.15, 0.2) is 0 Å². The zero-order chi connectivity index (χ0) is 11.6. The normalized spacial score (nSPS) is 26.9. The zero-order valence-corrected chi connectivity index (χ0v) is 9.36. The van der Waals surface area contributed by atoms with Crippen molar-refractivity contribution in [3.63, 3.8) is 0 Å². The summed E-state index contributed by atoms with van der Waals surface area (Å²) in [7, 11) is 0. The maximum atomic E-state index is 12.4. The second-order valence-electron chi connectivity index (χ2n) is 4.87. The first kappa shape index (κ1) is 12.2. The molecular formula is C10H18FNO3. The van der Waals surface area contributed by atoms with Crippen LogP contribution in [0.4, 0.5) is 9.18 Å². The molecule has 4 nitrogen and oxygen atoms in total. The Balaban J connectivity index is 2.50. The fourth-order valence-corrected chi connectivity index (χ4v) is 1.48. The highest BCUT2D eigenvalue weighted by Gasteiger charge is 2.35. The third-order valence-corrected chi connectivity index (χ3v) is 2.26. The molecule has 88 valence electrons. The zero-order valence-electron chi connectivity index (χ0n) is 9.36.